The van der Waals surface area contributed by atoms with Crippen LogP contribution in [-0.4, -0.2) is 68.1 Å². The second-order valence-electron chi connectivity index (χ2n) is 7.62. The summed E-state index contributed by atoms with van der Waals surface area (Å²) in [7, 11) is 1.25. The number of nitrogens with zero attached hydrogens (tertiary/aromatic N) is 3. The van der Waals surface area contributed by atoms with E-state index in [9.17, 15) is 9.59 Å². The second-order valence-corrected chi connectivity index (χ2v) is 8.84. The quantitative estimate of drug-likeness (QED) is 0.732. The first-order valence-electron chi connectivity index (χ1n) is 10.4. The highest BCUT2D eigenvalue weighted by Gasteiger charge is 2.33. The Kier molecular flexibility index (Phi) is 6.69. The second kappa shape index (κ2) is 9.64. The van der Waals surface area contributed by atoms with Crippen molar-refractivity contribution in [3.8, 4) is 11.1 Å². The van der Waals surface area contributed by atoms with Crippen LogP contribution in [0.3, 0.4) is 0 Å². The Morgan fingerprint density at radius 2 is 2.12 bits per heavy atom. The number of aryl methyl sites for hydroxylation is 1. The van der Waals surface area contributed by atoms with Gasteiger partial charge in [0.1, 0.15) is 17.7 Å². The van der Waals surface area contributed by atoms with Crippen LogP contribution in [0.25, 0.3) is 11.1 Å². The maximum Gasteiger partial charge on any atom is 0.414 e. The number of ether oxygens (including phenoxy) is 2. The predicted molar refractivity (Wildman–Crippen MR) is 122 cm³/mol. The highest BCUT2D eigenvalue weighted by Crippen LogP contribution is 2.31. The molecule has 2 aliphatic heterocycles. The van der Waals surface area contributed by atoms with Crippen LogP contribution < -0.4 is 15.1 Å². The van der Waals surface area contributed by atoms with E-state index in [0.29, 0.717) is 16.8 Å². The highest BCUT2D eigenvalue weighted by molar-refractivity contribution is 7.99. The van der Waals surface area contributed by atoms with Gasteiger partial charge >= 0.3 is 12.2 Å². The number of carbonyl (C=O) groups excluding carboxylic acids is 2. The van der Waals surface area contributed by atoms with Crippen LogP contribution in [0.5, 0.6) is 0 Å². The van der Waals surface area contributed by atoms with Gasteiger partial charge in [0.05, 0.1) is 25.9 Å². The molecule has 8 nitrogen and oxygen atoms in total. The number of benzene rings is 1. The molecule has 1 aromatic heterocycles. The number of hydrogen-bond acceptors (Lipinski definition) is 7. The van der Waals surface area contributed by atoms with Gasteiger partial charge in [0.25, 0.3) is 0 Å². The Morgan fingerprint density at radius 1 is 1.34 bits per heavy atom. The van der Waals surface area contributed by atoms with Crippen molar-refractivity contribution in [3.05, 3.63) is 41.8 Å². The third-order valence-electron chi connectivity index (χ3n) is 5.47. The molecule has 0 spiro atoms. The van der Waals surface area contributed by atoms with Crippen LogP contribution in [-0.2, 0) is 9.47 Å². The molecule has 3 heterocycles. The molecule has 10 heteroatoms. The number of nitrogens with one attached hydrogen (secondary N) is 1. The fourth-order valence-corrected chi connectivity index (χ4v) is 4.74. The Balaban J connectivity index is 1.48. The van der Waals surface area contributed by atoms with Crippen LogP contribution >= 0.6 is 11.8 Å². The average molecular weight is 461 g/mol. The van der Waals surface area contributed by atoms with Crippen LogP contribution in [0, 0.1) is 12.7 Å². The summed E-state index contributed by atoms with van der Waals surface area (Å²) < 4.78 is 24.8. The topological polar surface area (TPSA) is 84.0 Å². The Morgan fingerprint density at radius 3 is 2.81 bits per heavy atom. The minimum absolute atomic E-state index is 0.114. The number of thioether (sulfide) groups is 1. The molecule has 2 saturated heterocycles. The molecule has 0 saturated carbocycles. The van der Waals surface area contributed by atoms with E-state index in [2.05, 4.69) is 19.9 Å². The van der Waals surface area contributed by atoms with Gasteiger partial charge in [-0.05, 0) is 36.8 Å². The summed E-state index contributed by atoms with van der Waals surface area (Å²) in [5, 5.41) is 2.49. The third-order valence-corrected chi connectivity index (χ3v) is 6.41. The fourth-order valence-electron chi connectivity index (χ4n) is 3.84. The summed E-state index contributed by atoms with van der Waals surface area (Å²) in [5.41, 5.74) is 2.50. The average Bonchev–Trinajstić information content (AvgIpc) is 3.18. The van der Waals surface area contributed by atoms with Crippen molar-refractivity contribution < 1.29 is 23.5 Å². The number of hydrogen-bond donors (Lipinski definition) is 1. The van der Waals surface area contributed by atoms with Crippen LogP contribution in [0.15, 0.2) is 30.5 Å². The summed E-state index contributed by atoms with van der Waals surface area (Å²) in [6.45, 7) is 4.22. The van der Waals surface area contributed by atoms with E-state index in [-0.39, 0.29) is 13.1 Å². The molecule has 2 aromatic rings. The molecule has 170 valence electrons. The predicted octanol–water partition coefficient (Wildman–Crippen LogP) is 3.43. The monoisotopic (exact) mass is 460 g/mol. The maximum atomic E-state index is 15.0. The SMILES string of the molecule is COC(=O)NCC1CN(c2ccc(-c3cnc(N4CCSCC4)c(C)c3)c(F)c2)C(=O)O1. The van der Waals surface area contributed by atoms with Gasteiger partial charge in [0, 0.05) is 41.9 Å². The van der Waals surface area contributed by atoms with Gasteiger partial charge < -0.3 is 19.7 Å². The molecular formula is C22H25FN4O4S. The first-order valence-corrected chi connectivity index (χ1v) is 11.5. The number of pyridine rings is 1. The van der Waals surface area contributed by atoms with Crippen LogP contribution in [0.2, 0.25) is 0 Å². The fraction of sp³-hybridized carbons (Fsp3) is 0.409. The zero-order valence-electron chi connectivity index (χ0n) is 18.0. The van der Waals surface area contributed by atoms with Gasteiger partial charge in [0.2, 0.25) is 0 Å². The van der Waals surface area contributed by atoms with Gasteiger partial charge in [-0.3, -0.25) is 4.90 Å². The van der Waals surface area contributed by atoms with Crippen molar-refractivity contribution in [2.24, 2.45) is 0 Å². The molecular weight excluding hydrogens is 435 g/mol. The molecule has 0 aliphatic carbocycles. The van der Waals surface area contributed by atoms with Gasteiger partial charge in [-0.2, -0.15) is 11.8 Å². The highest BCUT2D eigenvalue weighted by atomic mass is 32.2. The minimum atomic E-state index is -0.607. The number of aromatic nitrogens is 1. The van der Waals surface area contributed by atoms with E-state index in [1.165, 1.54) is 18.1 Å². The summed E-state index contributed by atoms with van der Waals surface area (Å²) >= 11 is 1.94. The number of amides is 2. The van der Waals surface area contributed by atoms with E-state index in [0.717, 1.165) is 36.0 Å². The van der Waals surface area contributed by atoms with E-state index in [4.69, 9.17) is 4.74 Å². The van der Waals surface area contributed by atoms with Gasteiger partial charge in [-0.15, -0.1) is 0 Å². The van der Waals surface area contributed by atoms with E-state index < -0.39 is 24.1 Å². The van der Waals surface area contributed by atoms with Crippen molar-refractivity contribution in [1.29, 1.82) is 0 Å². The third kappa shape index (κ3) is 4.74. The van der Waals surface area contributed by atoms with Crippen molar-refractivity contribution in [2.75, 3.05) is 54.6 Å². The van der Waals surface area contributed by atoms with E-state index in [1.807, 2.05) is 24.8 Å². The zero-order valence-corrected chi connectivity index (χ0v) is 18.8. The zero-order chi connectivity index (χ0) is 22.7. The lowest BCUT2D eigenvalue weighted by molar-refractivity contribution is 0.132. The summed E-state index contributed by atoms with van der Waals surface area (Å²) in [6.07, 6.45) is -0.0443. The number of cyclic esters (lactones) is 1. The normalized spacial score (nSPS) is 18.5. The Hall–Kier alpha value is -3.01. The number of methoxy groups -OCH3 is 1. The number of alkyl carbamates (subject to hydrolysis) is 1. The van der Waals surface area contributed by atoms with Crippen molar-refractivity contribution >= 4 is 35.5 Å². The van der Waals surface area contributed by atoms with E-state index >= 15 is 4.39 Å². The lowest BCUT2D eigenvalue weighted by atomic mass is 10.0. The standard InChI is InChI=1S/C22H25FN4O4S/c1-14-9-15(11-24-20(14)26-5-7-32-8-6-26)18-4-3-16(10-19(18)23)27-13-17(31-22(27)29)12-25-21(28)30-2/h3-4,9-11,17H,5-8,12-13H2,1-2H3,(H,25,28). The van der Waals surface area contributed by atoms with Crippen LogP contribution in [0.1, 0.15) is 5.56 Å². The molecule has 0 bridgehead atoms. The van der Waals surface area contributed by atoms with Crippen LogP contribution in [0.4, 0.5) is 25.5 Å². The summed E-state index contributed by atoms with van der Waals surface area (Å²) in [5.74, 6) is 2.65. The number of halogens is 1. The minimum Gasteiger partial charge on any atom is -0.453 e. The molecule has 1 atom stereocenters. The van der Waals surface area contributed by atoms with Gasteiger partial charge in [-0.25, -0.2) is 19.0 Å². The lowest BCUT2D eigenvalue weighted by Crippen LogP contribution is -2.34. The Bertz CT molecular complexity index is 1020. The van der Waals surface area contributed by atoms with Crippen molar-refractivity contribution in [2.45, 2.75) is 13.0 Å². The maximum absolute atomic E-state index is 15.0. The van der Waals surface area contributed by atoms with E-state index in [1.54, 1.807) is 18.3 Å². The smallest absolute Gasteiger partial charge is 0.414 e. The molecule has 1 N–H and O–H groups in total. The van der Waals surface area contributed by atoms with Crippen molar-refractivity contribution in [3.63, 3.8) is 0 Å². The van der Waals surface area contributed by atoms with Gasteiger partial charge in [-0.1, -0.05) is 0 Å². The number of anilines is 2. The molecule has 1 unspecified atom stereocenters. The molecule has 32 heavy (non-hydrogen) atoms. The van der Waals surface area contributed by atoms with Gasteiger partial charge in [0.15, 0.2) is 0 Å². The lowest BCUT2D eigenvalue weighted by Gasteiger charge is -2.28. The molecule has 1 aromatic carbocycles. The molecule has 2 amide bonds. The molecule has 4 rings (SSSR count). The largest absolute Gasteiger partial charge is 0.453 e. The summed E-state index contributed by atoms with van der Waals surface area (Å²) in [4.78, 5) is 31.6. The first-order chi connectivity index (χ1) is 15.5. The Labute approximate surface area is 190 Å². The molecule has 0 radical (unpaired) electrons. The summed E-state index contributed by atoms with van der Waals surface area (Å²) in [6, 6.07) is 6.59. The first kappa shape index (κ1) is 22.2. The number of carbonyl (C=O) groups is 2. The molecule has 2 aliphatic rings. The molecule has 2 fully saturated rings. The van der Waals surface area contributed by atoms with Crippen molar-refractivity contribution in [1.82, 2.24) is 10.3 Å². The number of rotatable bonds is 5.